The molecule has 1 aliphatic carbocycles. The van der Waals surface area contributed by atoms with Gasteiger partial charge in [0.1, 0.15) is 12.4 Å². The highest BCUT2D eigenvalue weighted by atomic mass is 19.1. The second-order valence-electron chi connectivity index (χ2n) is 5.00. The lowest BCUT2D eigenvalue weighted by Crippen LogP contribution is -1.98. The van der Waals surface area contributed by atoms with Crippen molar-refractivity contribution in [1.82, 2.24) is 0 Å². The molecular formula is C17H15FO3. The Morgan fingerprint density at radius 2 is 2.00 bits per heavy atom. The van der Waals surface area contributed by atoms with Gasteiger partial charge in [0, 0.05) is 12.0 Å². The molecule has 0 aliphatic heterocycles. The molecule has 21 heavy (non-hydrogen) atoms. The van der Waals surface area contributed by atoms with Gasteiger partial charge in [-0.15, -0.1) is 0 Å². The molecular weight excluding hydrogens is 271 g/mol. The molecule has 0 aromatic heterocycles. The molecule has 0 bridgehead atoms. The number of Topliss-reactive ketones (excluding diaryl/α,β-unsaturated/α-hetero) is 1. The number of halogens is 1. The largest absolute Gasteiger partial charge is 0.494 e. The molecule has 0 unspecified atom stereocenters. The Morgan fingerprint density at radius 3 is 2.76 bits per heavy atom. The smallest absolute Gasteiger partial charge is 0.165 e. The third-order valence-electron chi connectivity index (χ3n) is 3.62. The topological polar surface area (TPSA) is 35.5 Å². The summed E-state index contributed by atoms with van der Waals surface area (Å²) >= 11 is 0. The van der Waals surface area contributed by atoms with Crippen molar-refractivity contribution in [2.75, 3.05) is 7.11 Å². The molecule has 0 heterocycles. The van der Waals surface area contributed by atoms with E-state index in [9.17, 15) is 9.18 Å². The summed E-state index contributed by atoms with van der Waals surface area (Å²) in [7, 11) is 1.43. The predicted octanol–water partition coefficient (Wildman–Crippen LogP) is 3.54. The summed E-state index contributed by atoms with van der Waals surface area (Å²) in [5, 5.41) is 0. The van der Waals surface area contributed by atoms with Gasteiger partial charge in [0.05, 0.1) is 7.11 Å². The molecule has 3 rings (SSSR count). The lowest BCUT2D eigenvalue weighted by Gasteiger charge is -2.09. The second-order valence-corrected chi connectivity index (χ2v) is 5.00. The number of carbonyl (C=O) groups is 1. The van der Waals surface area contributed by atoms with Gasteiger partial charge in [-0.1, -0.05) is 6.07 Å². The van der Waals surface area contributed by atoms with Crippen LogP contribution in [0.5, 0.6) is 11.5 Å². The highest BCUT2D eigenvalue weighted by molar-refractivity contribution is 6.00. The number of carbonyl (C=O) groups excluding carboxylic acids is 1. The number of fused-ring (bicyclic) bond motifs is 1. The van der Waals surface area contributed by atoms with E-state index in [0.29, 0.717) is 12.2 Å². The van der Waals surface area contributed by atoms with Crippen LogP contribution in [-0.2, 0) is 13.0 Å². The standard InChI is InChI=1S/C17H15FO3/c1-20-17-7-2-11(8-15(17)18)10-21-13-4-5-14-12(9-13)3-6-16(14)19/h2,4-5,7-9H,3,6,10H2,1H3. The summed E-state index contributed by atoms with van der Waals surface area (Å²) in [5.41, 5.74) is 2.54. The van der Waals surface area contributed by atoms with Crippen molar-refractivity contribution < 1.29 is 18.7 Å². The van der Waals surface area contributed by atoms with Crippen molar-refractivity contribution in [1.29, 1.82) is 0 Å². The molecule has 0 saturated carbocycles. The zero-order valence-electron chi connectivity index (χ0n) is 11.7. The number of benzene rings is 2. The van der Waals surface area contributed by atoms with Gasteiger partial charge in [-0.05, 0) is 47.9 Å². The minimum atomic E-state index is -0.404. The van der Waals surface area contributed by atoms with Gasteiger partial charge in [-0.2, -0.15) is 0 Å². The third kappa shape index (κ3) is 2.75. The SMILES string of the molecule is COc1ccc(COc2ccc3c(c2)CCC3=O)cc1F. The maximum atomic E-state index is 13.6. The van der Waals surface area contributed by atoms with Crippen molar-refractivity contribution in [3.63, 3.8) is 0 Å². The maximum absolute atomic E-state index is 13.6. The molecule has 0 radical (unpaired) electrons. The van der Waals surface area contributed by atoms with E-state index in [0.717, 1.165) is 23.1 Å². The Kier molecular flexibility index (Phi) is 3.60. The normalized spacial score (nSPS) is 13.1. The summed E-state index contributed by atoms with van der Waals surface area (Å²) in [6.45, 7) is 0.271. The van der Waals surface area contributed by atoms with Crippen LogP contribution in [0, 0.1) is 5.82 Å². The van der Waals surface area contributed by atoms with Gasteiger partial charge < -0.3 is 9.47 Å². The first-order valence-corrected chi connectivity index (χ1v) is 6.79. The molecule has 0 saturated heterocycles. The fourth-order valence-corrected chi connectivity index (χ4v) is 2.49. The van der Waals surface area contributed by atoms with Crippen LogP contribution in [0.3, 0.4) is 0 Å². The Labute approximate surface area is 122 Å². The number of methoxy groups -OCH3 is 1. The first kappa shape index (κ1) is 13.6. The van der Waals surface area contributed by atoms with Gasteiger partial charge in [0.25, 0.3) is 0 Å². The van der Waals surface area contributed by atoms with E-state index < -0.39 is 5.82 Å². The van der Waals surface area contributed by atoms with Crippen molar-refractivity contribution in [2.45, 2.75) is 19.4 Å². The van der Waals surface area contributed by atoms with E-state index >= 15 is 0 Å². The van der Waals surface area contributed by atoms with Crippen LogP contribution in [-0.4, -0.2) is 12.9 Å². The number of aryl methyl sites for hydroxylation is 1. The average molecular weight is 286 g/mol. The fraction of sp³-hybridized carbons (Fsp3) is 0.235. The first-order valence-electron chi connectivity index (χ1n) is 6.79. The first-order chi connectivity index (χ1) is 10.2. The van der Waals surface area contributed by atoms with E-state index in [4.69, 9.17) is 9.47 Å². The molecule has 2 aromatic carbocycles. The predicted molar refractivity (Wildman–Crippen MR) is 76.4 cm³/mol. The van der Waals surface area contributed by atoms with Crippen LogP contribution in [0.2, 0.25) is 0 Å². The van der Waals surface area contributed by atoms with Crippen LogP contribution >= 0.6 is 0 Å². The Bertz CT molecular complexity index is 694. The summed E-state index contributed by atoms with van der Waals surface area (Å²) in [6, 6.07) is 10.2. The fourth-order valence-electron chi connectivity index (χ4n) is 2.49. The molecule has 0 N–H and O–H groups in total. The van der Waals surface area contributed by atoms with Crippen molar-refractivity contribution in [2.24, 2.45) is 0 Å². The lowest BCUT2D eigenvalue weighted by atomic mass is 10.1. The van der Waals surface area contributed by atoms with Crippen LogP contribution in [0.1, 0.15) is 27.9 Å². The molecule has 4 heteroatoms. The number of ketones is 1. The summed E-state index contributed by atoms with van der Waals surface area (Å²) < 4.78 is 24.1. The van der Waals surface area contributed by atoms with E-state index in [1.165, 1.54) is 13.2 Å². The van der Waals surface area contributed by atoms with E-state index in [2.05, 4.69) is 0 Å². The minimum absolute atomic E-state index is 0.189. The number of rotatable bonds is 4. The van der Waals surface area contributed by atoms with Crippen molar-refractivity contribution in [3.05, 3.63) is 58.9 Å². The van der Waals surface area contributed by atoms with Gasteiger partial charge in [-0.25, -0.2) is 4.39 Å². The molecule has 3 nitrogen and oxygen atoms in total. The summed E-state index contributed by atoms with van der Waals surface area (Å²) in [6.07, 6.45) is 1.34. The molecule has 0 fully saturated rings. The van der Waals surface area contributed by atoms with Crippen LogP contribution in [0.25, 0.3) is 0 Å². The van der Waals surface area contributed by atoms with Gasteiger partial charge in [0.2, 0.25) is 0 Å². The Hall–Kier alpha value is -2.36. The van der Waals surface area contributed by atoms with Crippen molar-refractivity contribution >= 4 is 5.78 Å². The van der Waals surface area contributed by atoms with Crippen LogP contribution < -0.4 is 9.47 Å². The minimum Gasteiger partial charge on any atom is -0.494 e. The average Bonchev–Trinajstić information content (AvgIpc) is 2.86. The van der Waals surface area contributed by atoms with E-state index in [1.54, 1.807) is 24.3 Å². The molecule has 0 atom stereocenters. The van der Waals surface area contributed by atoms with E-state index in [1.807, 2.05) is 6.07 Å². The van der Waals surface area contributed by atoms with Gasteiger partial charge >= 0.3 is 0 Å². The zero-order chi connectivity index (χ0) is 14.8. The van der Waals surface area contributed by atoms with Crippen LogP contribution in [0.15, 0.2) is 36.4 Å². The van der Waals surface area contributed by atoms with E-state index in [-0.39, 0.29) is 18.1 Å². The Balaban J connectivity index is 1.71. The molecule has 108 valence electrons. The maximum Gasteiger partial charge on any atom is 0.165 e. The quantitative estimate of drug-likeness (QED) is 0.862. The molecule has 0 amide bonds. The number of ether oxygens (including phenoxy) is 2. The third-order valence-corrected chi connectivity index (χ3v) is 3.62. The summed E-state index contributed by atoms with van der Waals surface area (Å²) in [5.74, 6) is 0.696. The lowest BCUT2D eigenvalue weighted by molar-refractivity contribution is 0.0994. The molecule has 2 aromatic rings. The summed E-state index contributed by atoms with van der Waals surface area (Å²) in [4.78, 5) is 11.6. The van der Waals surface area contributed by atoms with Crippen LogP contribution in [0.4, 0.5) is 4.39 Å². The zero-order valence-corrected chi connectivity index (χ0v) is 11.7. The highest BCUT2D eigenvalue weighted by Crippen LogP contribution is 2.27. The monoisotopic (exact) mass is 286 g/mol. The highest BCUT2D eigenvalue weighted by Gasteiger charge is 2.19. The van der Waals surface area contributed by atoms with Gasteiger partial charge in [0.15, 0.2) is 17.3 Å². The molecule has 1 aliphatic rings. The number of hydrogen-bond acceptors (Lipinski definition) is 3. The Morgan fingerprint density at radius 1 is 1.14 bits per heavy atom. The second kappa shape index (κ2) is 5.56. The molecule has 0 spiro atoms. The van der Waals surface area contributed by atoms with Gasteiger partial charge in [-0.3, -0.25) is 4.79 Å². The number of hydrogen-bond donors (Lipinski definition) is 0. The van der Waals surface area contributed by atoms with Crippen molar-refractivity contribution in [3.8, 4) is 11.5 Å².